The van der Waals surface area contributed by atoms with Crippen molar-refractivity contribution >= 4 is 34.9 Å². The number of carbonyl (C=O) groups excluding carboxylic acids is 1. The van der Waals surface area contributed by atoms with Crippen molar-refractivity contribution in [1.82, 2.24) is 9.78 Å². The molecule has 0 spiro atoms. The van der Waals surface area contributed by atoms with E-state index < -0.39 is 6.10 Å². The number of hydrogen-bond acceptors (Lipinski definition) is 3. The molecule has 2 rings (SSSR count). The van der Waals surface area contributed by atoms with Crippen LogP contribution in [0.3, 0.4) is 0 Å². The third kappa shape index (κ3) is 4.20. The predicted molar refractivity (Wildman–Crippen MR) is 82.6 cm³/mol. The van der Waals surface area contributed by atoms with Crippen molar-refractivity contribution in [2.45, 2.75) is 19.4 Å². The molecule has 7 heteroatoms. The van der Waals surface area contributed by atoms with Crippen LogP contribution in [0.4, 0.5) is 5.82 Å². The van der Waals surface area contributed by atoms with Crippen LogP contribution in [0.2, 0.25) is 10.0 Å². The maximum absolute atomic E-state index is 11.9. The molecule has 1 amide bonds. The van der Waals surface area contributed by atoms with E-state index in [0.717, 1.165) is 5.69 Å². The van der Waals surface area contributed by atoms with Gasteiger partial charge in [-0.25, -0.2) is 0 Å². The normalized spacial score (nSPS) is 12.2. The molecule has 0 fully saturated rings. The number of halogens is 2. The van der Waals surface area contributed by atoms with Gasteiger partial charge in [0.15, 0.2) is 5.82 Å². The third-order valence-corrected chi connectivity index (χ3v) is 3.47. The smallest absolute Gasteiger partial charge is 0.228 e. The molecule has 1 aromatic carbocycles. The van der Waals surface area contributed by atoms with Gasteiger partial charge < -0.3 is 10.4 Å². The lowest BCUT2D eigenvalue weighted by Gasteiger charge is -2.11. The van der Waals surface area contributed by atoms with Crippen molar-refractivity contribution in [3.63, 3.8) is 0 Å². The number of anilines is 1. The van der Waals surface area contributed by atoms with Gasteiger partial charge in [-0.05, 0) is 30.7 Å². The van der Waals surface area contributed by atoms with Crippen molar-refractivity contribution in [2.24, 2.45) is 7.05 Å². The van der Waals surface area contributed by atoms with E-state index >= 15 is 0 Å². The van der Waals surface area contributed by atoms with E-state index in [2.05, 4.69) is 10.4 Å². The Morgan fingerprint density at radius 3 is 2.48 bits per heavy atom. The summed E-state index contributed by atoms with van der Waals surface area (Å²) in [7, 11) is 1.79. The second-order valence-corrected chi connectivity index (χ2v) is 5.64. The van der Waals surface area contributed by atoms with Crippen LogP contribution in [0.25, 0.3) is 0 Å². The van der Waals surface area contributed by atoms with Crippen LogP contribution in [0.5, 0.6) is 0 Å². The van der Waals surface area contributed by atoms with Gasteiger partial charge in [-0.2, -0.15) is 5.10 Å². The molecule has 1 atom stereocenters. The second kappa shape index (κ2) is 6.47. The number of aliphatic hydroxyl groups is 1. The first-order valence-electron chi connectivity index (χ1n) is 6.29. The number of aromatic nitrogens is 2. The van der Waals surface area contributed by atoms with Crippen molar-refractivity contribution in [1.29, 1.82) is 0 Å². The number of aryl methyl sites for hydroxylation is 2. The zero-order valence-electron chi connectivity index (χ0n) is 11.6. The minimum absolute atomic E-state index is 0.105. The fourth-order valence-electron chi connectivity index (χ4n) is 1.88. The van der Waals surface area contributed by atoms with E-state index in [-0.39, 0.29) is 12.3 Å². The van der Waals surface area contributed by atoms with E-state index in [1.54, 1.807) is 36.0 Å². The Bertz CT molecular complexity index is 630. The molecule has 0 aliphatic carbocycles. The van der Waals surface area contributed by atoms with Crippen LogP contribution in [0.15, 0.2) is 24.3 Å². The number of hydrogen-bond donors (Lipinski definition) is 2. The maximum atomic E-state index is 11.9. The molecule has 112 valence electrons. The van der Waals surface area contributed by atoms with Gasteiger partial charge in [-0.3, -0.25) is 9.48 Å². The first-order chi connectivity index (χ1) is 9.85. The fourth-order valence-corrected chi connectivity index (χ4v) is 2.42. The molecule has 0 aliphatic rings. The Labute approximate surface area is 132 Å². The molecule has 2 N–H and O–H groups in total. The van der Waals surface area contributed by atoms with Crippen molar-refractivity contribution in [2.75, 3.05) is 5.32 Å². The van der Waals surface area contributed by atoms with Crippen LogP contribution in [0, 0.1) is 6.92 Å². The lowest BCUT2D eigenvalue weighted by atomic mass is 10.1. The van der Waals surface area contributed by atoms with Crippen LogP contribution < -0.4 is 5.32 Å². The molecule has 1 aromatic heterocycles. The van der Waals surface area contributed by atoms with E-state index in [0.29, 0.717) is 21.4 Å². The Morgan fingerprint density at radius 2 is 1.95 bits per heavy atom. The Hall–Kier alpha value is -1.56. The predicted octanol–water partition coefficient (Wildman–Crippen LogP) is 3.10. The van der Waals surface area contributed by atoms with Gasteiger partial charge >= 0.3 is 0 Å². The van der Waals surface area contributed by atoms with E-state index in [1.807, 2.05) is 6.92 Å². The highest BCUT2D eigenvalue weighted by atomic mass is 35.5. The van der Waals surface area contributed by atoms with Crippen LogP contribution in [-0.2, 0) is 11.8 Å². The summed E-state index contributed by atoms with van der Waals surface area (Å²) in [6, 6.07) is 6.48. The summed E-state index contributed by atoms with van der Waals surface area (Å²) in [6.07, 6.45) is -1.09. The number of carbonyl (C=O) groups is 1. The molecule has 1 unspecified atom stereocenters. The van der Waals surface area contributed by atoms with E-state index in [1.165, 1.54) is 0 Å². The van der Waals surface area contributed by atoms with E-state index in [4.69, 9.17) is 23.2 Å². The third-order valence-electron chi connectivity index (χ3n) is 3.03. The molecule has 21 heavy (non-hydrogen) atoms. The summed E-state index contributed by atoms with van der Waals surface area (Å²) < 4.78 is 1.66. The van der Waals surface area contributed by atoms with Gasteiger partial charge in [0, 0.05) is 28.9 Å². The first-order valence-corrected chi connectivity index (χ1v) is 7.05. The zero-order valence-corrected chi connectivity index (χ0v) is 13.1. The van der Waals surface area contributed by atoms with Crippen molar-refractivity contribution < 1.29 is 9.90 Å². The monoisotopic (exact) mass is 327 g/mol. The number of amides is 1. The highest BCUT2D eigenvalue weighted by Gasteiger charge is 2.15. The van der Waals surface area contributed by atoms with Gasteiger partial charge in [0.25, 0.3) is 0 Å². The average Bonchev–Trinajstić information content (AvgIpc) is 2.66. The van der Waals surface area contributed by atoms with Gasteiger partial charge in [-0.15, -0.1) is 0 Å². The lowest BCUT2D eigenvalue weighted by Crippen LogP contribution is -2.16. The molecule has 5 nitrogen and oxygen atoms in total. The number of nitrogens with one attached hydrogen (secondary N) is 1. The van der Waals surface area contributed by atoms with Gasteiger partial charge in [-0.1, -0.05) is 23.2 Å². The highest BCUT2D eigenvalue weighted by Crippen LogP contribution is 2.25. The molecule has 0 aliphatic heterocycles. The Kier molecular flexibility index (Phi) is 4.88. The summed E-state index contributed by atoms with van der Waals surface area (Å²) in [5.74, 6) is 0.119. The number of benzene rings is 1. The molecule has 0 saturated heterocycles. The number of nitrogens with zero attached hydrogens (tertiary/aromatic N) is 2. The molecular weight excluding hydrogens is 313 g/mol. The molecule has 0 radical (unpaired) electrons. The van der Waals surface area contributed by atoms with E-state index in [9.17, 15) is 9.90 Å². The van der Waals surface area contributed by atoms with Crippen LogP contribution in [0.1, 0.15) is 23.8 Å². The topological polar surface area (TPSA) is 67.2 Å². The molecule has 0 bridgehead atoms. The quantitative estimate of drug-likeness (QED) is 0.906. The summed E-state index contributed by atoms with van der Waals surface area (Å²) in [5, 5.41) is 17.7. The zero-order chi connectivity index (χ0) is 15.6. The Morgan fingerprint density at radius 1 is 1.33 bits per heavy atom. The lowest BCUT2D eigenvalue weighted by molar-refractivity contribution is -0.118. The first kappa shape index (κ1) is 15.8. The molecule has 0 saturated carbocycles. The maximum Gasteiger partial charge on any atom is 0.228 e. The average molecular weight is 328 g/mol. The van der Waals surface area contributed by atoms with Crippen molar-refractivity contribution in [3.8, 4) is 0 Å². The summed E-state index contributed by atoms with van der Waals surface area (Å²) >= 11 is 11.7. The second-order valence-electron chi connectivity index (χ2n) is 4.77. The fraction of sp³-hybridized carbons (Fsp3) is 0.286. The largest absolute Gasteiger partial charge is 0.388 e. The molecule has 2 aromatic rings. The number of rotatable bonds is 4. The highest BCUT2D eigenvalue weighted by molar-refractivity contribution is 6.34. The minimum atomic E-state index is -0.981. The Balaban J connectivity index is 2.01. The van der Waals surface area contributed by atoms with Crippen LogP contribution >= 0.6 is 23.2 Å². The van der Waals surface area contributed by atoms with Crippen molar-refractivity contribution in [3.05, 3.63) is 45.6 Å². The summed E-state index contributed by atoms with van der Waals surface area (Å²) in [5.41, 5.74) is 1.42. The standard InChI is InChI=1S/C14H15Cl2N3O2/c1-8-3-13(18-19(8)2)17-14(21)7-12(20)9-4-10(15)6-11(16)5-9/h3-6,12,20H,7H2,1-2H3,(H,17,18,21). The molecule has 1 heterocycles. The van der Waals surface area contributed by atoms with Crippen LogP contribution in [-0.4, -0.2) is 20.8 Å². The molecular formula is C14H15Cl2N3O2. The van der Waals surface area contributed by atoms with Gasteiger partial charge in [0.2, 0.25) is 5.91 Å². The number of aliphatic hydroxyl groups excluding tert-OH is 1. The van der Waals surface area contributed by atoms with Gasteiger partial charge in [0.1, 0.15) is 0 Å². The van der Waals surface area contributed by atoms with Gasteiger partial charge in [0.05, 0.1) is 12.5 Å². The SMILES string of the molecule is Cc1cc(NC(=O)CC(O)c2cc(Cl)cc(Cl)c2)nn1C. The summed E-state index contributed by atoms with van der Waals surface area (Å²) in [6.45, 7) is 1.88. The summed E-state index contributed by atoms with van der Waals surface area (Å²) in [4.78, 5) is 11.9. The minimum Gasteiger partial charge on any atom is -0.388 e.